The van der Waals surface area contributed by atoms with Crippen LogP contribution in [0.4, 0.5) is 11.8 Å². The van der Waals surface area contributed by atoms with Gasteiger partial charge >= 0.3 is 0 Å². The predicted molar refractivity (Wildman–Crippen MR) is 111 cm³/mol. The molecule has 3 aromatic heterocycles. The molecule has 0 atom stereocenters. The van der Waals surface area contributed by atoms with Gasteiger partial charge in [-0.15, -0.1) is 10.2 Å². The Bertz CT molecular complexity index is 922. The fraction of sp³-hybridized carbons (Fsp3) is 0.333. The molecule has 146 valence electrons. The molecule has 1 aliphatic rings. The molecule has 0 bridgehead atoms. The zero-order valence-electron chi connectivity index (χ0n) is 15.0. The Morgan fingerprint density at radius 2 is 2.11 bits per heavy atom. The number of carbonyl (C=O) groups excluding carboxylic acids is 1. The average Bonchev–Trinajstić information content (AvgIpc) is 3.44. The van der Waals surface area contributed by atoms with Crippen molar-refractivity contribution in [1.82, 2.24) is 19.7 Å². The van der Waals surface area contributed by atoms with E-state index in [-0.39, 0.29) is 11.7 Å². The van der Waals surface area contributed by atoms with E-state index in [4.69, 9.17) is 4.42 Å². The number of furan rings is 1. The molecule has 4 rings (SSSR count). The van der Waals surface area contributed by atoms with Gasteiger partial charge in [0.25, 0.3) is 0 Å². The number of halogens is 1. The van der Waals surface area contributed by atoms with Crippen LogP contribution in [0.15, 0.2) is 50.8 Å². The summed E-state index contributed by atoms with van der Waals surface area (Å²) >= 11 is 4.68. The third-order valence-electron chi connectivity index (χ3n) is 4.31. The molecule has 8 nitrogen and oxygen atoms in total. The van der Waals surface area contributed by atoms with Crippen LogP contribution in [-0.4, -0.2) is 44.5 Å². The zero-order chi connectivity index (χ0) is 19.3. The molecule has 0 aliphatic carbocycles. The van der Waals surface area contributed by atoms with E-state index < -0.39 is 0 Å². The lowest BCUT2D eigenvalue weighted by Gasteiger charge is -2.17. The van der Waals surface area contributed by atoms with Crippen LogP contribution >= 0.6 is 27.7 Å². The standard InChI is InChI=1S/C18H19BrN6O2S/c19-13-5-6-15(20-10-13)21-16(26)12-28-18-23-22-17(24-7-1-2-8-24)25(18)11-14-4-3-9-27-14/h3-6,9-10H,1-2,7-8,11-12H2,(H,20,21,26). The number of anilines is 2. The fourth-order valence-electron chi connectivity index (χ4n) is 2.99. The maximum atomic E-state index is 12.3. The Balaban J connectivity index is 1.45. The molecule has 0 radical (unpaired) electrons. The molecule has 4 heterocycles. The molecular weight excluding hydrogens is 444 g/mol. The molecule has 0 spiro atoms. The number of carbonyl (C=O) groups is 1. The number of aromatic nitrogens is 4. The normalized spacial score (nSPS) is 13.8. The lowest BCUT2D eigenvalue weighted by Crippen LogP contribution is -2.23. The first kappa shape index (κ1) is 19.0. The van der Waals surface area contributed by atoms with E-state index in [1.807, 2.05) is 22.8 Å². The number of hydrogen-bond donors (Lipinski definition) is 1. The van der Waals surface area contributed by atoms with Gasteiger partial charge in [-0.3, -0.25) is 9.36 Å². The van der Waals surface area contributed by atoms with E-state index in [0.29, 0.717) is 17.5 Å². The van der Waals surface area contributed by atoms with Crippen molar-refractivity contribution in [3.8, 4) is 0 Å². The Hall–Kier alpha value is -2.33. The van der Waals surface area contributed by atoms with Crippen LogP contribution in [0, 0.1) is 0 Å². The quantitative estimate of drug-likeness (QED) is 0.538. The Morgan fingerprint density at radius 1 is 1.25 bits per heavy atom. The molecule has 1 N–H and O–H groups in total. The number of thioether (sulfide) groups is 1. The van der Waals surface area contributed by atoms with Crippen molar-refractivity contribution < 1.29 is 9.21 Å². The van der Waals surface area contributed by atoms with Gasteiger partial charge in [-0.05, 0) is 53.0 Å². The topological polar surface area (TPSA) is 89.1 Å². The molecule has 0 unspecified atom stereocenters. The number of rotatable bonds is 7. The maximum absolute atomic E-state index is 12.3. The highest BCUT2D eigenvalue weighted by Gasteiger charge is 2.22. The Morgan fingerprint density at radius 3 is 2.82 bits per heavy atom. The van der Waals surface area contributed by atoms with Gasteiger partial charge in [0.1, 0.15) is 11.6 Å². The summed E-state index contributed by atoms with van der Waals surface area (Å²) in [6, 6.07) is 7.37. The van der Waals surface area contributed by atoms with Crippen molar-refractivity contribution in [1.29, 1.82) is 0 Å². The average molecular weight is 463 g/mol. The first-order valence-corrected chi connectivity index (χ1v) is 10.7. The summed E-state index contributed by atoms with van der Waals surface area (Å²) in [5, 5.41) is 12.2. The van der Waals surface area contributed by atoms with Gasteiger partial charge in [-0.25, -0.2) is 4.98 Å². The van der Waals surface area contributed by atoms with Gasteiger partial charge in [0.05, 0.1) is 18.6 Å². The van der Waals surface area contributed by atoms with Crippen molar-refractivity contribution >= 4 is 45.4 Å². The van der Waals surface area contributed by atoms with Crippen LogP contribution < -0.4 is 10.2 Å². The zero-order valence-corrected chi connectivity index (χ0v) is 17.4. The van der Waals surface area contributed by atoms with E-state index in [1.165, 1.54) is 11.8 Å². The minimum Gasteiger partial charge on any atom is -0.467 e. The summed E-state index contributed by atoms with van der Waals surface area (Å²) in [7, 11) is 0. The van der Waals surface area contributed by atoms with Crippen LogP contribution in [0.25, 0.3) is 0 Å². The third-order valence-corrected chi connectivity index (χ3v) is 5.74. The van der Waals surface area contributed by atoms with Crippen molar-refractivity contribution in [2.75, 3.05) is 29.1 Å². The molecule has 10 heteroatoms. The monoisotopic (exact) mass is 462 g/mol. The number of pyridine rings is 1. The minimum absolute atomic E-state index is 0.143. The number of nitrogens with zero attached hydrogens (tertiary/aromatic N) is 5. The van der Waals surface area contributed by atoms with Crippen molar-refractivity contribution in [3.63, 3.8) is 0 Å². The van der Waals surface area contributed by atoms with Gasteiger partial charge in [0.2, 0.25) is 11.9 Å². The van der Waals surface area contributed by atoms with Crippen LogP contribution in [0.2, 0.25) is 0 Å². The second-order valence-electron chi connectivity index (χ2n) is 6.34. The Kier molecular flexibility index (Phi) is 5.96. The largest absolute Gasteiger partial charge is 0.467 e. The molecule has 28 heavy (non-hydrogen) atoms. The highest BCUT2D eigenvalue weighted by Crippen LogP contribution is 2.26. The number of hydrogen-bond acceptors (Lipinski definition) is 7. The predicted octanol–water partition coefficient (Wildman–Crippen LogP) is 3.41. The van der Waals surface area contributed by atoms with E-state index in [1.54, 1.807) is 18.5 Å². The van der Waals surface area contributed by atoms with Crippen molar-refractivity contribution in [2.24, 2.45) is 0 Å². The van der Waals surface area contributed by atoms with Crippen LogP contribution in [-0.2, 0) is 11.3 Å². The summed E-state index contributed by atoms with van der Waals surface area (Å²) in [6.45, 7) is 2.47. The second-order valence-corrected chi connectivity index (χ2v) is 8.20. The summed E-state index contributed by atoms with van der Waals surface area (Å²) in [6.07, 6.45) is 5.60. The molecule has 1 saturated heterocycles. The molecule has 0 saturated carbocycles. The molecule has 1 amide bonds. The van der Waals surface area contributed by atoms with E-state index in [2.05, 4.69) is 41.3 Å². The lowest BCUT2D eigenvalue weighted by molar-refractivity contribution is -0.113. The lowest BCUT2D eigenvalue weighted by atomic mass is 10.4. The van der Waals surface area contributed by atoms with Crippen molar-refractivity contribution in [2.45, 2.75) is 24.5 Å². The van der Waals surface area contributed by atoms with Crippen LogP contribution in [0.5, 0.6) is 0 Å². The first-order valence-electron chi connectivity index (χ1n) is 8.94. The molecule has 0 aromatic carbocycles. The summed E-state index contributed by atoms with van der Waals surface area (Å²) in [5.41, 5.74) is 0. The SMILES string of the molecule is O=C(CSc1nnc(N2CCCC2)n1Cc1ccco1)Nc1ccc(Br)cn1. The van der Waals surface area contributed by atoms with Crippen LogP contribution in [0.3, 0.4) is 0 Å². The molecule has 1 fully saturated rings. The third kappa shape index (κ3) is 4.56. The molecule has 1 aliphatic heterocycles. The van der Waals surface area contributed by atoms with E-state index >= 15 is 0 Å². The van der Waals surface area contributed by atoms with Crippen LogP contribution in [0.1, 0.15) is 18.6 Å². The summed E-state index contributed by atoms with van der Waals surface area (Å²) < 4.78 is 8.37. The highest BCUT2D eigenvalue weighted by molar-refractivity contribution is 9.10. The fourth-order valence-corrected chi connectivity index (χ4v) is 3.96. The van der Waals surface area contributed by atoms with Gasteiger partial charge in [0.15, 0.2) is 5.16 Å². The Labute approximate surface area is 174 Å². The maximum Gasteiger partial charge on any atom is 0.236 e. The minimum atomic E-state index is -0.143. The molecule has 3 aromatic rings. The molecular formula is C18H19BrN6O2S. The number of amides is 1. The second kappa shape index (κ2) is 8.78. The van der Waals surface area contributed by atoms with E-state index in [0.717, 1.165) is 42.1 Å². The van der Waals surface area contributed by atoms with Gasteiger partial charge < -0.3 is 14.6 Å². The van der Waals surface area contributed by atoms with Crippen molar-refractivity contribution in [3.05, 3.63) is 47.0 Å². The number of nitrogens with one attached hydrogen (secondary N) is 1. The van der Waals surface area contributed by atoms with Gasteiger partial charge in [-0.1, -0.05) is 11.8 Å². The van der Waals surface area contributed by atoms with E-state index in [9.17, 15) is 4.79 Å². The highest BCUT2D eigenvalue weighted by atomic mass is 79.9. The van der Waals surface area contributed by atoms with Gasteiger partial charge in [-0.2, -0.15) is 0 Å². The summed E-state index contributed by atoms with van der Waals surface area (Å²) in [5.74, 6) is 2.24. The van der Waals surface area contributed by atoms with Gasteiger partial charge in [0, 0.05) is 23.8 Å². The smallest absolute Gasteiger partial charge is 0.236 e. The first-order chi connectivity index (χ1) is 13.7. The summed E-state index contributed by atoms with van der Waals surface area (Å²) in [4.78, 5) is 18.7.